The van der Waals surface area contributed by atoms with Gasteiger partial charge >= 0.3 is 0 Å². The van der Waals surface area contributed by atoms with Gasteiger partial charge in [-0.15, -0.1) is 10.2 Å². The van der Waals surface area contributed by atoms with Crippen molar-refractivity contribution in [3.63, 3.8) is 0 Å². The van der Waals surface area contributed by atoms with Crippen LogP contribution in [0, 0.1) is 6.92 Å². The van der Waals surface area contributed by atoms with E-state index in [1.54, 1.807) is 4.52 Å². The Labute approximate surface area is 119 Å². The molecule has 0 aliphatic rings. The van der Waals surface area contributed by atoms with Gasteiger partial charge < -0.3 is 5.32 Å². The number of aryl methyl sites for hydroxylation is 1. The van der Waals surface area contributed by atoms with Gasteiger partial charge in [0.1, 0.15) is 5.01 Å². The second kappa shape index (κ2) is 5.01. The molecule has 102 valence electrons. The standard InChI is InChI=1S/C13H13N5OS/c1-3-11-15-16-13-18(11)17-12(20-13)9-5-4-6-10(8(9)2)14-7-19/h4-7H,3H2,1-2H3,(H,14,19). The number of fused-ring (bicyclic) bond motifs is 1. The van der Waals surface area contributed by atoms with Crippen molar-refractivity contribution >= 4 is 28.4 Å². The number of benzene rings is 1. The highest BCUT2D eigenvalue weighted by Crippen LogP contribution is 2.31. The molecule has 3 rings (SSSR count). The molecular formula is C13H13N5OS. The Kier molecular flexibility index (Phi) is 3.19. The number of carbonyl (C=O) groups is 1. The van der Waals surface area contributed by atoms with Crippen LogP contribution in [0.1, 0.15) is 18.3 Å². The summed E-state index contributed by atoms with van der Waals surface area (Å²) < 4.78 is 1.78. The maximum Gasteiger partial charge on any atom is 0.234 e. The highest BCUT2D eigenvalue weighted by molar-refractivity contribution is 7.19. The molecule has 3 aromatic rings. The van der Waals surface area contributed by atoms with Crippen LogP contribution in [0.5, 0.6) is 0 Å². The van der Waals surface area contributed by atoms with Gasteiger partial charge in [-0.2, -0.15) is 9.61 Å². The van der Waals surface area contributed by atoms with Crippen LogP contribution in [0.25, 0.3) is 15.5 Å². The Hall–Kier alpha value is -2.28. The van der Waals surface area contributed by atoms with Crippen molar-refractivity contribution in [1.29, 1.82) is 0 Å². The van der Waals surface area contributed by atoms with Gasteiger partial charge in [0.2, 0.25) is 11.4 Å². The maximum atomic E-state index is 10.6. The maximum absolute atomic E-state index is 10.6. The van der Waals surface area contributed by atoms with Gasteiger partial charge in [-0.25, -0.2) is 0 Å². The van der Waals surface area contributed by atoms with Gasteiger partial charge in [-0.05, 0) is 18.6 Å². The molecule has 0 saturated heterocycles. The summed E-state index contributed by atoms with van der Waals surface area (Å²) in [5.41, 5.74) is 2.77. The van der Waals surface area contributed by atoms with Gasteiger partial charge in [-0.1, -0.05) is 30.4 Å². The molecule has 1 aromatic carbocycles. The monoisotopic (exact) mass is 287 g/mol. The first-order valence-corrected chi connectivity index (χ1v) is 7.07. The first-order valence-electron chi connectivity index (χ1n) is 6.26. The lowest BCUT2D eigenvalue weighted by atomic mass is 10.1. The highest BCUT2D eigenvalue weighted by atomic mass is 32.1. The fourth-order valence-electron chi connectivity index (χ4n) is 2.07. The first kappa shape index (κ1) is 12.7. The zero-order valence-electron chi connectivity index (χ0n) is 11.1. The van der Waals surface area contributed by atoms with Crippen molar-refractivity contribution in [3.05, 3.63) is 29.6 Å². The summed E-state index contributed by atoms with van der Waals surface area (Å²) in [5.74, 6) is 0.849. The van der Waals surface area contributed by atoms with Crippen molar-refractivity contribution in [1.82, 2.24) is 19.8 Å². The van der Waals surface area contributed by atoms with E-state index in [2.05, 4.69) is 20.6 Å². The summed E-state index contributed by atoms with van der Waals surface area (Å²) in [6.07, 6.45) is 1.47. The van der Waals surface area contributed by atoms with Crippen LogP contribution in [-0.4, -0.2) is 26.2 Å². The third-order valence-corrected chi connectivity index (χ3v) is 4.08. The molecule has 0 spiro atoms. The van der Waals surface area contributed by atoms with E-state index in [1.165, 1.54) is 11.3 Å². The van der Waals surface area contributed by atoms with Crippen LogP contribution in [0.3, 0.4) is 0 Å². The van der Waals surface area contributed by atoms with Gasteiger partial charge in [-0.3, -0.25) is 4.79 Å². The molecule has 0 fully saturated rings. The quantitative estimate of drug-likeness (QED) is 0.747. The number of hydrogen-bond donors (Lipinski definition) is 1. The molecule has 20 heavy (non-hydrogen) atoms. The van der Waals surface area contributed by atoms with Crippen LogP contribution in [0.2, 0.25) is 0 Å². The lowest BCUT2D eigenvalue weighted by Gasteiger charge is -2.07. The molecule has 0 unspecified atom stereocenters. The van der Waals surface area contributed by atoms with E-state index < -0.39 is 0 Å². The molecule has 0 aliphatic heterocycles. The predicted molar refractivity (Wildman–Crippen MR) is 77.9 cm³/mol. The lowest BCUT2D eigenvalue weighted by molar-refractivity contribution is -0.105. The van der Waals surface area contributed by atoms with Gasteiger partial charge in [0, 0.05) is 17.7 Å². The van der Waals surface area contributed by atoms with E-state index in [9.17, 15) is 4.79 Å². The van der Waals surface area contributed by atoms with E-state index in [0.717, 1.165) is 39.0 Å². The minimum absolute atomic E-state index is 0.680. The molecule has 1 amide bonds. The Morgan fingerprint density at radius 1 is 1.40 bits per heavy atom. The highest BCUT2D eigenvalue weighted by Gasteiger charge is 2.14. The summed E-state index contributed by atoms with van der Waals surface area (Å²) in [7, 11) is 0. The average Bonchev–Trinajstić information content (AvgIpc) is 3.01. The van der Waals surface area contributed by atoms with Crippen molar-refractivity contribution in [2.75, 3.05) is 5.32 Å². The number of anilines is 1. The molecule has 0 bridgehead atoms. The number of hydrogen-bond acceptors (Lipinski definition) is 5. The lowest BCUT2D eigenvalue weighted by Crippen LogP contribution is -1.98. The third kappa shape index (κ3) is 1.96. The first-order chi connectivity index (χ1) is 9.74. The molecule has 6 nitrogen and oxygen atoms in total. The fraction of sp³-hybridized carbons (Fsp3) is 0.231. The average molecular weight is 287 g/mol. The zero-order chi connectivity index (χ0) is 14.1. The number of amides is 1. The number of rotatable bonds is 4. The van der Waals surface area contributed by atoms with E-state index in [-0.39, 0.29) is 0 Å². The molecule has 1 N–H and O–H groups in total. The van der Waals surface area contributed by atoms with Crippen molar-refractivity contribution < 1.29 is 4.79 Å². The topological polar surface area (TPSA) is 72.2 Å². The molecule has 7 heteroatoms. The van der Waals surface area contributed by atoms with E-state index in [0.29, 0.717) is 6.41 Å². The smallest absolute Gasteiger partial charge is 0.234 e. The SMILES string of the molecule is CCc1nnc2sc(-c3cccc(NC=O)c3C)nn12. The summed E-state index contributed by atoms with van der Waals surface area (Å²) >= 11 is 1.49. The second-order valence-corrected chi connectivity index (χ2v) is 5.27. The summed E-state index contributed by atoms with van der Waals surface area (Å²) in [6.45, 7) is 3.99. The Morgan fingerprint density at radius 2 is 2.25 bits per heavy atom. The van der Waals surface area contributed by atoms with Gasteiger partial charge in [0.25, 0.3) is 0 Å². The summed E-state index contributed by atoms with van der Waals surface area (Å²) in [4.78, 5) is 11.4. The summed E-state index contributed by atoms with van der Waals surface area (Å²) in [5, 5.41) is 16.3. The van der Waals surface area contributed by atoms with Crippen molar-refractivity contribution in [2.45, 2.75) is 20.3 Å². The fourth-order valence-corrected chi connectivity index (χ4v) is 3.01. The summed E-state index contributed by atoms with van der Waals surface area (Å²) in [6, 6.07) is 5.75. The minimum Gasteiger partial charge on any atom is -0.328 e. The van der Waals surface area contributed by atoms with Gasteiger partial charge in [0.15, 0.2) is 5.82 Å². The molecule has 0 radical (unpaired) electrons. The van der Waals surface area contributed by atoms with Crippen LogP contribution >= 0.6 is 11.3 Å². The third-order valence-electron chi connectivity index (χ3n) is 3.15. The number of nitrogens with one attached hydrogen (secondary N) is 1. The molecule has 2 aromatic heterocycles. The predicted octanol–water partition coefficient (Wildman–Crippen LogP) is 2.29. The van der Waals surface area contributed by atoms with Crippen LogP contribution in [0.4, 0.5) is 5.69 Å². The largest absolute Gasteiger partial charge is 0.328 e. The van der Waals surface area contributed by atoms with E-state index in [4.69, 9.17) is 0 Å². The molecule has 2 heterocycles. The Morgan fingerprint density at radius 3 is 3.00 bits per heavy atom. The van der Waals surface area contributed by atoms with Crippen molar-refractivity contribution in [2.24, 2.45) is 0 Å². The van der Waals surface area contributed by atoms with Crippen LogP contribution in [-0.2, 0) is 11.2 Å². The Balaban J connectivity index is 2.12. The number of carbonyl (C=O) groups excluding carboxylic acids is 1. The molecule has 0 saturated carbocycles. The zero-order valence-corrected chi connectivity index (χ0v) is 11.9. The second-order valence-electron chi connectivity index (χ2n) is 4.31. The van der Waals surface area contributed by atoms with Crippen molar-refractivity contribution in [3.8, 4) is 10.6 Å². The van der Waals surface area contributed by atoms with Crippen LogP contribution in [0.15, 0.2) is 18.2 Å². The number of nitrogens with zero attached hydrogens (tertiary/aromatic N) is 4. The van der Waals surface area contributed by atoms with Crippen LogP contribution < -0.4 is 5.32 Å². The molecule has 0 aliphatic carbocycles. The Bertz CT molecular complexity index is 776. The molecular weight excluding hydrogens is 274 g/mol. The molecule has 0 atom stereocenters. The minimum atomic E-state index is 0.680. The van der Waals surface area contributed by atoms with E-state index in [1.807, 2.05) is 32.0 Å². The normalized spacial score (nSPS) is 10.9. The van der Waals surface area contributed by atoms with E-state index >= 15 is 0 Å². The number of aromatic nitrogens is 4. The van der Waals surface area contributed by atoms with Gasteiger partial charge in [0.05, 0.1) is 0 Å².